The number of hydrogen-bond acceptors (Lipinski definition) is 3. The molecule has 1 rings (SSSR count). The van der Waals surface area contributed by atoms with Gasteiger partial charge in [0.1, 0.15) is 0 Å². The number of ether oxygens (including phenoxy) is 1. The van der Waals surface area contributed by atoms with Crippen molar-refractivity contribution < 1.29 is 4.74 Å². The van der Waals surface area contributed by atoms with E-state index in [1.165, 1.54) is 0 Å². The third-order valence-electron chi connectivity index (χ3n) is 3.63. The minimum absolute atomic E-state index is 0.00392. The average molecular weight is 256 g/mol. The van der Waals surface area contributed by atoms with Gasteiger partial charge in [-0.25, -0.2) is 10.8 Å². The standard InChI is InChI=1S/C13H28N4O/c1-5-13(6-2)9-11(7-8-18-13)16-12(17-14)15-10(3)4/h10-11H,5-9,14H2,1-4H3,(H2,15,16,17). The van der Waals surface area contributed by atoms with Crippen molar-refractivity contribution in [2.45, 2.75) is 71.1 Å². The minimum Gasteiger partial charge on any atom is -0.375 e. The average Bonchev–Trinajstić information content (AvgIpc) is 2.37. The molecular weight excluding hydrogens is 228 g/mol. The lowest BCUT2D eigenvalue weighted by atomic mass is 9.86. The number of nitrogens with two attached hydrogens (primary N) is 1. The third kappa shape index (κ3) is 4.14. The summed E-state index contributed by atoms with van der Waals surface area (Å²) in [5, 5.41) is 3.21. The summed E-state index contributed by atoms with van der Waals surface area (Å²) in [5.41, 5.74) is 2.65. The molecule has 0 amide bonds. The van der Waals surface area contributed by atoms with Crippen LogP contribution in [0.5, 0.6) is 0 Å². The first kappa shape index (κ1) is 15.2. The van der Waals surface area contributed by atoms with Crippen molar-refractivity contribution in [3.05, 3.63) is 0 Å². The molecule has 0 saturated carbocycles. The van der Waals surface area contributed by atoms with Gasteiger partial charge in [0.15, 0.2) is 0 Å². The molecule has 0 spiro atoms. The van der Waals surface area contributed by atoms with Gasteiger partial charge in [-0.05, 0) is 39.5 Å². The summed E-state index contributed by atoms with van der Waals surface area (Å²) >= 11 is 0. The summed E-state index contributed by atoms with van der Waals surface area (Å²) in [6.45, 7) is 9.29. The third-order valence-corrected chi connectivity index (χ3v) is 3.63. The number of hydrogen-bond donors (Lipinski definition) is 3. The van der Waals surface area contributed by atoms with Gasteiger partial charge in [-0.1, -0.05) is 13.8 Å². The molecule has 0 aromatic carbocycles. The first-order valence-electron chi connectivity index (χ1n) is 7.00. The highest BCUT2D eigenvalue weighted by atomic mass is 16.5. The quantitative estimate of drug-likeness (QED) is 0.309. The van der Waals surface area contributed by atoms with Crippen LogP contribution in [0.1, 0.15) is 53.4 Å². The van der Waals surface area contributed by atoms with Crippen LogP contribution in [0.2, 0.25) is 0 Å². The SMILES string of the molecule is CCC1(CC)CC(N=C(NN)NC(C)C)CCO1. The van der Waals surface area contributed by atoms with Crippen molar-refractivity contribution in [2.24, 2.45) is 10.8 Å². The topological polar surface area (TPSA) is 71.7 Å². The lowest BCUT2D eigenvalue weighted by molar-refractivity contribution is -0.0885. The summed E-state index contributed by atoms with van der Waals surface area (Å²) in [4.78, 5) is 4.67. The molecule has 0 bridgehead atoms. The Morgan fingerprint density at radius 2 is 2.11 bits per heavy atom. The fourth-order valence-corrected chi connectivity index (χ4v) is 2.43. The van der Waals surface area contributed by atoms with Crippen molar-refractivity contribution in [1.29, 1.82) is 0 Å². The Bertz CT molecular complexity index is 274. The number of nitrogens with zero attached hydrogens (tertiary/aromatic N) is 1. The van der Waals surface area contributed by atoms with E-state index in [9.17, 15) is 0 Å². The molecule has 1 aliphatic rings. The fraction of sp³-hybridized carbons (Fsp3) is 0.923. The van der Waals surface area contributed by atoms with Crippen LogP contribution in [0, 0.1) is 0 Å². The van der Waals surface area contributed by atoms with Gasteiger partial charge in [0.05, 0.1) is 11.6 Å². The second-order valence-corrected chi connectivity index (χ2v) is 5.31. The normalized spacial score (nSPS) is 24.1. The fourth-order valence-electron chi connectivity index (χ4n) is 2.43. The van der Waals surface area contributed by atoms with Crippen molar-refractivity contribution in [2.75, 3.05) is 6.61 Å². The Hall–Kier alpha value is -0.810. The molecule has 1 aliphatic heterocycles. The largest absolute Gasteiger partial charge is 0.375 e. The Labute approximate surface area is 111 Å². The molecular formula is C13H28N4O. The molecule has 1 heterocycles. The molecule has 1 unspecified atom stereocenters. The number of guanidine groups is 1. The number of nitrogens with one attached hydrogen (secondary N) is 2. The lowest BCUT2D eigenvalue weighted by Crippen LogP contribution is -2.47. The van der Waals surface area contributed by atoms with Crippen LogP contribution in [-0.4, -0.2) is 30.3 Å². The van der Waals surface area contributed by atoms with E-state index in [-0.39, 0.29) is 11.6 Å². The minimum atomic E-state index is 0.00392. The first-order valence-corrected chi connectivity index (χ1v) is 7.00. The summed E-state index contributed by atoms with van der Waals surface area (Å²) in [6.07, 6.45) is 4.02. The van der Waals surface area contributed by atoms with Crippen LogP contribution in [0.3, 0.4) is 0 Å². The highest BCUT2D eigenvalue weighted by Gasteiger charge is 2.34. The molecule has 0 radical (unpaired) electrons. The summed E-state index contributed by atoms with van der Waals surface area (Å²) in [5.74, 6) is 6.18. The highest BCUT2D eigenvalue weighted by Crippen LogP contribution is 2.32. The van der Waals surface area contributed by atoms with Crippen molar-refractivity contribution >= 4 is 5.96 Å². The zero-order valence-electron chi connectivity index (χ0n) is 12.1. The van der Waals surface area contributed by atoms with E-state index in [4.69, 9.17) is 10.6 Å². The highest BCUT2D eigenvalue weighted by molar-refractivity contribution is 5.79. The lowest BCUT2D eigenvalue weighted by Gasteiger charge is -2.38. The van der Waals surface area contributed by atoms with Crippen LogP contribution in [-0.2, 0) is 4.74 Å². The Morgan fingerprint density at radius 3 is 2.61 bits per heavy atom. The monoisotopic (exact) mass is 256 g/mol. The smallest absolute Gasteiger partial charge is 0.206 e. The predicted molar refractivity (Wildman–Crippen MR) is 75.3 cm³/mol. The molecule has 1 atom stereocenters. The maximum atomic E-state index is 5.95. The van der Waals surface area contributed by atoms with E-state index in [1.54, 1.807) is 0 Å². The first-order chi connectivity index (χ1) is 8.55. The summed E-state index contributed by atoms with van der Waals surface area (Å²) in [6, 6.07) is 0.609. The van der Waals surface area contributed by atoms with E-state index < -0.39 is 0 Å². The van der Waals surface area contributed by atoms with E-state index >= 15 is 0 Å². The zero-order chi connectivity index (χ0) is 13.6. The molecule has 106 valence electrons. The Balaban J connectivity index is 2.68. The summed E-state index contributed by atoms with van der Waals surface area (Å²) < 4.78 is 5.95. The van der Waals surface area contributed by atoms with Crippen molar-refractivity contribution in [3.8, 4) is 0 Å². The molecule has 1 saturated heterocycles. The van der Waals surface area contributed by atoms with Crippen molar-refractivity contribution in [3.63, 3.8) is 0 Å². The Kier molecular flexibility index (Phi) is 5.88. The van der Waals surface area contributed by atoms with Crippen LogP contribution in [0.4, 0.5) is 0 Å². The number of aliphatic imine (C=N–C) groups is 1. The van der Waals surface area contributed by atoms with Crippen molar-refractivity contribution in [1.82, 2.24) is 10.7 Å². The van der Waals surface area contributed by atoms with Crippen LogP contribution in [0.15, 0.2) is 4.99 Å². The van der Waals surface area contributed by atoms with Gasteiger partial charge in [-0.3, -0.25) is 5.43 Å². The van der Waals surface area contributed by atoms with E-state index in [1.807, 2.05) is 0 Å². The molecule has 0 aromatic rings. The second-order valence-electron chi connectivity index (χ2n) is 5.31. The molecule has 1 fully saturated rings. The molecule has 18 heavy (non-hydrogen) atoms. The van der Waals surface area contributed by atoms with Gasteiger partial charge in [0.2, 0.25) is 5.96 Å². The second kappa shape index (κ2) is 6.95. The number of hydrazine groups is 1. The van der Waals surface area contributed by atoms with E-state index in [2.05, 4.69) is 43.4 Å². The maximum absolute atomic E-state index is 5.95. The predicted octanol–water partition coefficient (Wildman–Crippen LogP) is 1.54. The molecule has 5 nitrogen and oxygen atoms in total. The molecule has 0 aliphatic carbocycles. The van der Waals surface area contributed by atoms with Crippen LogP contribution >= 0.6 is 0 Å². The zero-order valence-corrected chi connectivity index (χ0v) is 12.1. The summed E-state index contributed by atoms with van der Waals surface area (Å²) in [7, 11) is 0. The van der Waals surface area contributed by atoms with Gasteiger partial charge in [-0.15, -0.1) is 0 Å². The molecule has 5 heteroatoms. The van der Waals surface area contributed by atoms with Gasteiger partial charge in [0.25, 0.3) is 0 Å². The number of rotatable bonds is 4. The van der Waals surface area contributed by atoms with Crippen LogP contribution in [0.25, 0.3) is 0 Å². The molecule has 4 N–H and O–H groups in total. The van der Waals surface area contributed by atoms with Gasteiger partial charge in [-0.2, -0.15) is 0 Å². The Morgan fingerprint density at radius 1 is 1.44 bits per heavy atom. The maximum Gasteiger partial charge on any atom is 0.206 e. The van der Waals surface area contributed by atoms with E-state index in [0.29, 0.717) is 12.0 Å². The van der Waals surface area contributed by atoms with E-state index in [0.717, 1.165) is 32.3 Å². The van der Waals surface area contributed by atoms with Crippen LogP contribution < -0.4 is 16.6 Å². The van der Waals surface area contributed by atoms with Gasteiger partial charge >= 0.3 is 0 Å². The van der Waals surface area contributed by atoms with Gasteiger partial charge < -0.3 is 10.1 Å². The van der Waals surface area contributed by atoms with Gasteiger partial charge in [0, 0.05) is 12.6 Å². The molecule has 0 aromatic heterocycles.